The predicted molar refractivity (Wildman–Crippen MR) is 113 cm³/mol. The van der Waals surface area contributed by atoms with Crippen LogP contribution in [0.5, 0.6) is 0 Å². The van der Waals surface area contributed by atoms with E-state index in [0.717, 1.165) is 56.5 Å². The number of aliphatic imine (C=N–C) groups is 1. The molecular formula is C22H31N5O. The van der Waals surface area contributed by atoms with Crippen LogP contribution in [0.2, 0.25) is 0 Å². The van der Waals surface area contributed by atoms with Gasteiger partial charge in [-0.05, 0) is 56.3 Å². The van der Waals surface area contributed by atoms with Gasteiger partial charge < -0.3 is 16.0 Å². The number of nitrogens with one attached hydrogen (secondary N) is 1. The monoisotopic (exact) mass is 381 g/mol. The minimum atomic E-state index is -0.155. The number of hydrogen-bond acceptors (Lipinski definition) is 5. The molecule has 1 aromatic rings. The number of nitriles is 1. The van der Waals surface area contributed by atoms with E-state index in [2.05, 4.69) is 23.3 Å². The maximum atomic E-state index is 12.4. The van der Waals surface area contributed by atoms with Gasteiger partial charge in [0, 0.05) is 38.0 Å². The van der Waals surface area contributed by atoms with Gasteiger partial charge in [0.2, 0.25) is 0 Å². The lowest BCUT2D eigenvalue weighted by Gasteiger charge is -2.28. The van der Waals surface area contributed by atoms with Crippen LogP contribution >= 0.6 is 0 Å². The van der Waals surface area contributed by atoms with Gasteiger partial charge in [0.05, 0.1) is 11.6 Å². The van der Waals surface area contributed by atoms with E-state index in [4.69, 9.17) is 11.0 Å². The number of rotatable bonds is 7. The number of carbonyl (C=O) groups is 1. The second-order valence-electron chi connectivity index (χ2n) is 7.37. The summed E-state index contributed by atoms with van der Waals surface area (Å²) in [5.74, 6) is -0.155. The molecule has 0 bridgehead atoms. The lowest BCUT2D eigenvalue weighted by Crippen LogP contribution is -2.38. The van der Waals surface area contributed by atoms with Crippen molar-refractivity contribution in [3.63, 3.8) is 0 Å². The molecule has 1 atom stereocenters. The fourth-order valence-electron chi connectivity index (χ4n) is 3.33. The van der Waals surface area contributed by atoms with Crippen molar-refractivity contribution < 1.29 is 4.79 Å². The Kier molecular flexibility index (Phi) is 8.21. The van der Waals surface area contributed by atoms with Crippen molar-refractivity contribution in [1.82, 2.24) is 10.2 Å². The van der Waals surface area contributed by atoms with Gasteiger partial charge in [0.1, 0.15) is 5.70 Å². The molecule has 3 N–H and O–H groups in total. The molecule has 0 aliphatic heterocycles. The number of nitrogens with zero attached hydrogens (tertiary/aromatic N) is 3. The second-order valence-corrected chi connectivity index (χ2v) is 7.37. The lowest BCUT2D eigenvalue weighted by atomic mass is 9.87. The van der Waals surface area contributed by atoms with Gasteiger partial charge in [0.15, 0.2) is 0 Å². The van der Waals surface area contributed by atoms with Crippen LogP contribution in [-0.4, -0.2) is 49.7 Å². The molecule has 28 heavy (non-hydrogen) atoms. The molecule has 1 amide bonds. The molecule has 150 valence electrons. The Balaban J connectivity index is 2.02. The van der Waals surface area contributed by atoms with Crippen molar-refractivity contribution in [2.45, 2.75) is 45.1 Å². The van der Waals surface area contributed by atoms with Crippen LogP contribution in [0.3, 0.4) is 0 Å². The Morgan fingerprint density at radius 2 is 2.07 bits per heavy atom. The Labute approximate surface area is 168 Å². The molecule has 1 aromatic carbocycles. The molecule has 1 fully saturated rings. The molecule has 1 saturated carbocycles. The van der Waals surface area contributed by atoms with Crippen LogP contribution in [0.15, 0.2) is 40.5 Å². The lowest BCUT2D eigenvalue weighted by molar-refractivity contribution is -0.124. The highest BCUT2D eigenvalue weighted by Gasteiger charge is 2.26. The highest BCUT2D eigenvalue weighted by Crippen LogP contribution is 2.24. The van der Waals surface area contributed by atoms with E-state index in [9.17, 15) is 4.79 Å². The topological polar surface area (TPSA) is 94.5 Å². The maximum Gasteiger partial charge on any atom is 0.269 e. The summed E-state index contributed by atoms with van der Waals surface area (Å²) < 4.78 is 0. The summed E-state index contributed by atoms with van der Waals surface area (Å²) in [5.41, 5.74) is 10.3. The van der Waals surface area contributed by atoms with Crippen LogP contribution in [0.1, 0.15) is 43.7 Å². The zero-order valence-corrected chi connectivity index (χ0v) is 17.2. The predicted octanol–water partition coefficient (Wildman–Crippen LogP) is 2.39. The van der Waals surface area contributed by atoms with E-state index >= 15 is 0 Å². The first-order chi connectivity index (χ1) is 13.5. The van der Waals surface area contributed by atoms with Gasteiger partial charge in [-0.15, -0.1) is 0 Å². The van der Waals surface area contributed by atoms with Gasteiger partial charge >= 0.3 is 0 Å². The smallest absolute Gasteiger partial charge is 0.269 e. The standard InChI is InChI=1S/C22H31N5O/c1-4-12-26-20-10-9-18(14-19(20)21(24)22(28)27(2)3)25-13-11-16-5-7-17(15-23)8-6-16/h5-8,18,25H,4,9-14,24H2,1-3H3/b21-19-,26-20?. The van der Waals surface area contributed by atoms with Crippen molar-refractivity contribution in [3.05, 3.63) is 46.7 Å². The Morgan fingerprint density at radius 1 is 1.36 bits per heavy atom. The van der Waals surface area contributed by atoms with Gasteiger partial charge in [-0.2, -0.15) is 5.26 Å². The van der Waals surface area contributed by atoms with Crippen molar-refractivity contribution >= 4 is 11.6 Å². The van der Waals surface area contributed by atoms with Gasteiger partial charge in [-0.25, -0.2) is 0 Å². The van der Waals surface area contributed by atoms with Gasteiger partial charge in [-0.3, -0.25) is 9.79 Å². The molecule has 0 aromatic heterocycles. The summed E-state index contributed by atoms with van der Waals surface area (Å²) in [7, 11) is 3.43. The Morgan fingerprint density at radius 3 is 2.68 bits per heavy atom. The summed E-state index contributed by atoms with van der Waals surface area (Å²) in [6, 6.07) is 10.1. The maximum absolute atomic E-state index is 12.4. The summed E-state index contributed by atoms with van der Waals surface area (Å²) >= 11 is 0. The first-order valence-corrected chi connectivity index (χ1v) is 9.92. The van der Waals surface area contributed by atoms with Crippen LogP contribution in [-0.2, 0) is 11.2 Å². The first-order valence-electron chi connectivity index (χ1n) is 9.92. The number of likely N-dealkylation sites (N-methyl/N-ethyl adjacent to an activating group) is 1. The SMILES string of the molecule is CCCN=C1CCC(NCCc2ccc(C#N)cc2)C/C1=C(/N)C(=O)N(C)C. The van der Waals surface area contributed by atoms with Crippen LogP contribution in [0, 0.1) is 11.3 Å². The highest BCUT2D eigenvalue weighted by atomic mass is 16.2. The van der Waals surface area contributed by atoms with Crippen molar-refractivity contribution in [2.75, 3.05) is 27.2 Å². The molecule has 0 saturated heterocycles. The Bertz CT molecular complexity index is 771. The fraction of sp³-hybridized carbons (Fsp3) is 0.500. The molecule has 6 heteroatoms. The largest absolute Gasteiger partial charge is 0.394 e. The molecular weight excluding hydrogens is 350 g/mol. The van der Waals surface area contributed by atoms with Crippen LogP contribution in [0.4, 0.5) is 0 Å². The third-order valence-corrected chi connectivity index (χ3v) is 4.95. The first kappa shape index (κ1) is 21.6. The quantitative estimate of drug-likeness (QED) is 0.709. The van der Waals surface area contributed by atoms with E-state index in [1.165, 1.54) is 10.5 Å². The van der Waals surface area contributed by atoms with Crippen molar-refractivity contribution in [2.24, 2.45) is 10.7 Å². The van der Waals surface area contributed by atoms with Gasteiger partial charge in [-0.1, -0.05) is 19.1 Å². The van der Waals surface area contributed by atoms with E-state index < -0.39 is 0 Å². The summed E-state index contributed by atoms with van der Waals surface area (Å²) in [5, 5.41) is 12.5. The third-order valence-electron chi connectivity index (χ3n) is 4.95. The average molecular weight is 382 g/mol. The number of hydrogen-bond donors (Lipinski definition) is 2. The molecule has 1 aliphatic carbocycles. The number of nitrogens with two attached hydrogens (primary N) is 1. The van der Waals surface area contributed by atoms with Gasteiger partial charge in [0.25, 0.3) is 5.91 Å². The number of amides is 1. The molecule has 0 spiro atoms. The van der Waals surface area contributed by atoms with E-state index in [1.807, 2.05) is 24.3 Å². The second kappa shape index (κ2) is 10.6. The molecule has 1 aliphatic rings. The highest BCUT2D eigenvalue weighted by molar-refractivity contribution is 6.08. The third kappa shape index (κ3) is 5.93. The molecule has 0 heterocycles. The zero-order valence-electron chi connectivity index (χ0n) is 17.2. The zero-order chi connectivity index (χ0) is 20.5. The van der Waals surface area contributed by atoms with Crippen molar-refractivity contribution in [1.29, 1.82) is 5.26 Å². The van der Waals surface area contributed by atoms with Crippen LogP contribution < -0.4 is 11.1 Å². The Hall–Kier alpha value is -2.65. The van der Waals surface area contributed by atoms with Crippen LogP contribution in [0.25, 0.3) is 0 Å². The minimum Gasteiger partial charge on any atom is -0.394 e. The normalized spacial score (nSPS) is 19.9. The molecule has 0 radical (unpaired) electrons. The molecule has 6 nitrogen and oxygen atoms in total. The average Bonchev–Trinajstić information content (AvgIpc) is 2.72. The summed E-state index contributed by atoms with van der Waals surface area (Å²) in [6.07, 6.45) is 4.42. The number of carbonyl (C=O) groups excluding carboxylic acids is 1. The molecule has 2 rings (SSSR count). The number of benzene rings is 1. The van der Waals surface area contributed by atoms with Crippen molar-refractivity contribution in [3.8, 4) is 6.07 Å². The summed E-state index contributed by atoms with van der Waals surface area (Å²) in [4.78, 5) is 18.6. The van der Waals surface area contributed by atoms with E-state index in [0.29, 0.717) is 11.3 Å². The van der Waals surface area contributed by atoms with E-state index in [-0.39, 0.29) is 11.9 Å². The molecule has 1 unspecified atom stereocenters. The minimum absolute atomic E-state index is 0.155. The fourth-order valence-corrected chi connectivity index (χ4v) is 3.33. The van der Waals surface area contributed by atoms with E-state index in [1.54, 1.807) is 14.1 Å². The summed E-state index contributed by atoms with van der Waals surface area (Å²) in [6.45, 7) is 3.70.